The molecule has 0 aliphatic heterocycles. The Kier molecular flexibility index (Phi) is 2.68. The Balaban J connectivity index is 2.56. The molecule has 0 aliphatic carbocycles. The summed E-state index contributed by atoms with van der Waals surface area (Å²) >= 11 is 0. The molecule has 0 aromatic carbocycles. The molecule has 12 heavy (non-hydrogen) atoms. The van der Waals surface area contributed by atoms with Crippen molar-refractivity contribution in [2.24, 2.45) is 0 Å². The lowest BCUT2D eigenvalue weighted by atomic mass is 10.4. The Bertz CT molecular complexity index is 269. The number of anilines is 1. The summed E-state index contributed by atoms with van der Waals surface area (Å²) in [7, 11) is 1.77. The van der Waals surface area contributed by atoms with Crippen molar-refractivity contribution < 1.29 is 9.90 Å². The number of carboxylic acids is 1. The summed E-state index contributed by atoms with van der Waals surface area (Å²) in [4.78, 5) is 14.1. The lowest BCUT2D eigenvalue weighted by Gasteiger charge is -2.04. The number of carbonyl (C=O) groups is 1. The Labute approximate surface area is 70.0 Å². The van der Waals surface area contributed by atoms with Crippen LogP contribution in [0.3, 0.4) is 0 Å². The fourth-order valence-corrected chi connectivity index (χ4v) is 0.923. The monoisotopic (exact) mass is 169 g/mol. The Morgan fingerprint density at radius 2 is 2.58 bits per heavy atom. The first kappa shape index (κ1) is 8.58. The molecule has 0 saturated carbocycles. The van der Waals surface area contributed by atoms with E-state index in [9.17, 15) is 4.79 Å². The molecule has 0 aliphatic rings. The molecule has 1 heterocycles. The van der Waals surface area contributed by atoms with Gasteiger partial charge in [-0.1, -0.05) is 0 Å². The number of aryl methyl sites for hydroxylation is 1. The maximum Gasteiger partial charge on any atom is 0.305 e. The molecule has 0 atom stereocenters. The van der Waals surface area contributed by atoms with E-state index in [1.165, 1.54) is 0 Å². The summed E-state index contributed by atoms with van der Waals surface area (Å²) in [5.74, 6) is 0.0296. The van der Waals surface area contributed by atoms with Gasteiger partial charge in [-0.3, -0.25) is 4.79 Å². The summed E-state index contributed by atoms with van der Waals surface area (Å²) in [6.07, 6.45) is 3.38. The fourth-order valence-electron chi connectivity index (χ4n) is 0.923. The highest BCUT2D eigenvalue weighted by molar-refractivity contribution is 5.66. The highest BCUT2D eigenvalue weighted by Gasteiger charge is 2.01. The SMILES string of the molecule is CNc1cncn1CCC(=O)O. The van der Waals surface area contributed by atoms with Crippen LogP contribution in [-0.2, 0) is 11.3 Å². The highest BCUT2D eigenvalue weighted by Crippen LogP contribution is 2.05. The normalized spacial score (nSPS) is 9.75. The number of aliphatic carboxylic acids is 1. The molecule has 5 nitrogen and oxygen atoms in total. The zero-order valence-corrected chi connectivity index (χ0v) is 6.82. The van der Waals surface area contributed by atoms with E-state index in [1.54, 1.807) is 24.1 Å². The van der Waals surface area contributed by atoms with E-state index in [4.69, 9.17) is 5.11 Å². The lowest BCUT2D eigenvalue weighted by Crippen LogP contribution is -2.06. The van der Waals surface area contributed by atoms with Gasteiger partial charge in [0, 0.05) is 13.6 Å². The molecular formula is C7H11N3O2. The minimum atomic E-state index is -0.800. The van der Waals surface area contributed by atoms with E-state index in [0.29, 0.717) is 6.54 Å². The van der Waals surface area contributed by atoms with E-state index in [2.05, 4.69) is 10.3 Å². The van der Waals surface area contributed by atoms with Crippen LogP contribution in [0.2, 0.25) is 0 Å². The van der Waals surface area contributed by atoms with Crippen molar-refractivity contribution in [2.45, 2.75) is 13.0 Å². The van der Waals surface area contributed by atoms with Gasteiger partial charge in [0.1, 0.15) is 5.82 Å². The molecule has 0 radical (unpaired) electrons. The van der Waals surface area contributed by atoms with Gasteiger partial charge in [0.25, 0.3) is 0 Å². The van der Waals surface area contributed by atoms with Crippen molar-refractivity contribution in [3.05, 3.63) is 12.5 Å². The summed E-state index contributed by atoms with van der Waals surface area (Å²) in [5, 5.41) is 11.3. The first-order chi connectivity index (χ1) is 5.74. The minimum Gasteiger partial charge on any atom is -0.481 e. The van der Waals surface area contributed by atoms with Crippen LogP contribution in [0, 0.1) is 0 Å². The standard InChI is InChI=1S/C7H11N3O2/c1-8-6-4-9-5-10(6)3-2-7(11)12/h4-5,8H,2-3H2,1H3,(H,11,12). The molecule has 0 amide bonds. The van der Waals surface area contributed by atoms with E-state index in [0.717, 1.165) is 5.82 Å². The maximum atomic E-state index is 10.2. The molecule has 5 heteroatoms. The van der Waals surface area contributed by atoms with E-state index in [-0.39, 0.29) is 6.42 Å². The van der Waals surface area contributed by atoms with Crippen molar-refractivity contribution in [2.75, 3.05) is 12.4 Å². The van der Waals surface area contributed by atoms with Gasteiger partial charge in [-0.05, 0) is 0 Å². The van der Waals surface area contributed by atoms with Crippen molar-refractivity contribution >= 4 is 11.8 Å². The molecule has 0 bridgehead atoms. The van der Waals surface area contributed by atoms with Gasteiger partial charge >= 0.3 is 5.97 Å². The average Bonchev–Trinajstić information content (AvgIpc) is 2.47. The average molecular weight is 169 g/mol. The highest BCUT2D eigenvalue weighted by atomic mass is 16.4. The molecule has 0 fully saturated rings. The maximum absolute atomic E-state index is 10.2. The molecule has 66 valence electrons. The summed E-state index contributed by atoms with van der Waals surface area (Å²) in [6, 6.07) is 0. The minimum absolute atomic E-state index is 0.116. The second kappa shape index (κ2) is 3.75. The second-order valence-electron chi connectivity index (χ2n) is 2.37. The quantitative estimate of drug-likeness (QED) is 0.684. The van der Waals surface area contributed by atoms with Gasteiger partial charge in [0.05, 0.1) is 18.9 Å². The van der Waals surface area contributed by atoms with E-state index in [1.807, 2.05) is 0 Å². The molecule has 0 unspecified atom stereocenters. The first-order valence-electron chi connectivity index (χ1n) is 3.63. The van der Waals surface area contributed by atoms with Crippen molar-refractivity contribution in [3.63, 3.8) is 0 Å². The van der Waals surface area contributed by atoms with Gasteiger partial charge < -0.3 is 15.0 Å². The summed E-state index contributed by atoms with van der Waals surface area (Å²) in [5.41, 5.74) is 0. The van der Waals surface area contributed by atoms with Crippen LogP contribution in [0.25, 0.3) is 0 Å². The number of carboxylic acid groups (broad SMARTS) is 1. The fraction of sp³-hybridized carbons (Fsp3) is 0.429. The summed E-state index contributed by atoms with van der Waals surface area (Å²) in [6.45, 7) is 0.450. The topological polar surface area (TPSA) is 67.2 Å². The predicted octanol–water partition coefficient (Wildman–Crippen LogP) is 0.399. The van der Waals surface area contributed by atoms with Gasteiger partial charge in [-0.2, -0.15) is 0 Å². The number of nitrogens with zero attached hydrogens (tertiary/aromatic N) is 2. The number of nitrogens with one attached hydrogen (secondary N) is 1. The molecular weight excluding hydrogens is 158 g/mol. The number of imidazole rings is 1. The Morgan fingerprint density at radius 1 is 1.83 bits per heavy atom. The second-order valence-corrected chi connectivity index (χ2v) is 2.37. The zero-order chi connectivity index (χ0) is 8.97. The predicted molar refractivity (Wildman–Crippen MR) is 44.0 cm³/mol. The van der Waals surface area contributed by atoms with E-state index < -0.39 is 5.97 Å². The smallest absolute Gasteiger partial charge is 0.305 e. The van der Waals surface area contributed by atoms with Crippen LogP contribution in [0.15, 0.2) is 12.5 Å². The van der Waals surface area contributed by atoms with Crippen LogP contribution in [0.5, 0.6) is 0 Å². The number of aromatic nitrogens is 2. The number of hydrogen-bond acceptors (Lipinski definition) is 3. The number of hydrogen-bond donors (Lipinski definition) is 2. The van der Waals surface area contributed by atoms with Gasteiger partial charge in [0.2, 0.25) is 0 Å². The van der Waals surface area contributed by atoms with Crippen LogP contribution in [0.1, 0.15) is 6.42 Å². The van der Waals surface area contributed by atoms with Gasteiger partial charge in [-0.25, -0.2) is 4.98 Å². The van der Waals surface area contributed by atoms with Crippen LogP contribution in [-0.4, -0.2) is 27.7 Å². The van der Waals surface area contributed by atoms with Crippen LogP contribution in [0.4, 0.5) is 5.82 Å². The van der Waals surface area contributed by atoms with Crippen LogP contribution < -0.4 is 5.32 Å². The summed E-state index contributed by atoms with van der Waals surface area (Å²) < 4.78 is 1.76. The molecule has 0 saturated heterocycles. The number of rotatable bonds is 4. The Hall–Kier alpha value is -1.52. The third-order valence-corrected chi connectivity index (χ3v) is 1.54. The third-order valence-electron chi connectivity index (χ3n) is 1.54. The van der Waals surface area contributed by atoms with Crippen LogP contribution >= 0.6 is 0 Å². The van der Waals surface area contributed by atoms with Gasteiger partial charge in [-0.15, -0.1) is 0 Å². The Morgan fingerprint density at radius 3 is 3.17 bits per heavy atom. The van der Waals surface area contributed by atoms with Crippen molar-refractivity contribution in [1.29, 1.82) is 0 Å². The largest absolute Gasteiger partial charge is 0.481 e. The molecule has 2 N–H and O–H groups in total. The van der Waals surface area contributed by atoms with E-state index >= 15 is 0 Å². The molecule has 0 spiro atoms. The molecule has 1 aromatic rings. The molecule has 1 aromatic heterocycles. The van der Waals surface area contributed by atoms with Gasteiger partial charge in [0.15, 0.2) is 0 Å². The zero-order valence-electron chi connectivity index (χ0n) is 6.82. The lowest BCUT2D eigenvalue weighted by molar-refractivity contribution is -0.137. The third kappa shape index (κ3) is 1.98. The van der Waals surface area contributed by atoms with Crippen molar-refractivity contribution in [3.8, 4) is 0 Å². The van der Waals surface area contributed by atoms with Crippen molar-refractivity contribution in [1.82, 2.24) is 9.55 Å². The first-order valence-corrected chi connectivity index (χ1v) is 3.63. The molecule has 1 rings (SSSR count).